The second-order valence-corrected chi connectivity index (χ2v) is 6.46. The zero-order chi connectivity index (χ0) is 15.3. The number of nitrogens with zero attached hydrogens (tertiary/aromatic N) is 1. The van der Waals surface area contributed by atoms with Crippen molar-refractivity contribution >= 4 is 27.3 Å². The van der Waals surface area contributed by atoms with E-state index >= 15 is 0 Å². The minimum Gasteiger partial charge on any atom is -0.313 e. The van der Waals surface area contributed by atoms with Gasteiger partial charge in [0, 0.05) is 24.0 Å². The van der Waals surface area contributed by atoms with Crippen LogP contribution in [0, 0.1) is 0 Å². The molecule has 0 aliphatic heterocycles. The van der Waals surface area contributed by atoms with E-state index in [0.717, 1.165) is 12.1 Å². The van der Waals surface area contributed by atoms with Gasteiger partial charge in [-0.05, 0) is 36.4 Å². The number of nitrogens with one attached hydrogen (secondary N) is 2. The van der Waals surface area contributed by atoms with Gasteiger partial charge in [-0.15, -0.1) is 0 Å². The Balaban J connectivity index is 2.22. The van der Waals surface area contributed by atoms with E-state index in [9.17, 15) is 8.42 Å². The van der Waals surface area contributed by atoms with Gasteiger partial charge in [-0.25, -0.2) is 8.42 Å². The van der Waals surface area contributed by atoms with Crippen LogP contribution in [0.15, 0.2) is 47.6 Å². The van der Waals surface area contributed by atoms with Crippen LogP contribution in [0.5, 0.6) is 0 Å². The lowest BCUT2D eigenvalue weighted by molar-refractivity contribution is 0.601. The molecule has 1 aromatic heterocycles. The number of anilines is 1. The van der Waals surface area contributed by atoms with E-state index in [1.807, 2.05) is 6.92 Å². The summed E-state index contributed by atoms with van der Waals surface area (Å²) in [6.07, 6.45) is 3.04. The van der Waals surface area contributed by atoms with Gasteiger partial charge in [0.1, 0.15) is 0 Å². The second kappa shape index (κ2) is 6.89. The monoisotopic (exact) mass is 325 g/mol. The Bertz CT molecular complexity index is 705. The summed E-state index contributed by atoms with van der Waals surface area (Å²) in [7, 11) is -3.66. The van der Waals surface area contributed by atoms with Crippen LogP contribution < -0.4 is 10.0 Å². The van der Waals surface area contributed by atoms with Crippen LogP contribution in [-0.2, 0) is 16.6 Å². The topological polar surface area (TPSA) is 71.1 Å². The Morgan fingerprint density at radius 1 is 1.19 bits per heavy atom. The number of aromatic nitrogens is 1. The van der Waals surface area contributed by atoms with Crippen molar-refractivity contribution in [1.82, 2.24) is 10.3 Å². The van der Waals surface area contributed by atoms with Crippen molar-refractivity contribution in [2.45, 2.75) is 18.4 Å². The van der Waals surface area contributed by atoms with Gasteiger partial charge in [0.2, 0.25) is 0 Å². The Labute approximate surface area is 129 Å². The van der Waals surface area contributed by atoms with Gasteiger partial charge in [-0.3, -0.25) is 9.71 Å². The van der Waals surface area contributed by atoms with Crippen molar-refractivity contribution in [1.29, 1.82) is 0 Å². The summed E-state index contributed by atoms with van der Waals surface area (Å²) in [6, 6.07) is 7.88. The van der Waals surface area contributed by atoms with Crippen LogP contribution in [0.3, 0.4) is 0 Å². The van der Waals surface area contributed by atoms with Crippen LogP contribution in [-0.4, -0.2) is 19.9 Å². The maximum absolute atomic E-state index is 12.3. The zero-order valence-electron chi connectivity index (χ0n) is 11.5. The Morgan fingerprint density at radius 3 is 2.52 bits per heavy atom. The minimum atomic E-state index is -3.66. The molecule has 2 N–H and O–H groups in total. The van der Waals surface area contributed by atoms with Gasteiger partial charge in [0.25, 0.3) is 10.0 Å². The molecule has 0 amide bonds. The number of rotatable bonds is 6. The van der Waals surface area contributed by atoms with Crippen LogP contribution in [0.4, 0.5) is 5.69 Å². The molecule has 21 heavy (non-hydrogen) atoms. The normalized spacial score (nSPS) is 11.3. The quantitative estimate of drug-likeness (QED) is 0.856. The van der Waals surface area contributed by atoms with Crippen LogP contribution in [0.1, 0.15) is 12.5 Å². The first-order valence-corrected chi connectivity index (χ1v) is 8.31. The SMILES string of the molecule is CCNCc1ccc(S(=O)(=O)Nc2ccncc2)cc1Cl. The zero-order valence-corrected chi connectivity index (χ0v) is 13.1. The Morgan fingerprint density at radius 2 is 1.90 bits per heavy atom. The maximum atomic E-state index is 12.3. The molecule has 0 saturated heterocycles. The lowest BCUT2D eigenvalue weighted by Gasteiger charge is -2.10. The number of hydrogen-bond acceptors (Lipinski definition) is 4. The van der Waals surface area contributed by atoms with Crippen LogP contribution in [0.25, 0.3) is 0 Å². The number of benzene rings is 1. The van der Waals surface area contributed by atoms with Crippen molar-refractivity contribution in [2.24, 2.45) is 0 Å². The van der Waals surface area contributed by atoms with Crippen molar-refractivity contribution in [3.8, 4) is 0 Å². The molecular formula is C14H16ClN3O2S. The van der Waals surface area contributed by atoms with Gasteiger partial charge in [-0.1, -0.05) is 24.6 Å². The molecule has 0 fully saturated rings. The Hall–Kier alpha value is -1.63. The first kappa shape index (κ1) is 15.8. The van der Waals surface area contributed by atoms with Crippen LogP contribution >= 0.6 is 11.6 Å². The van der Waals surface area contributed by atoms with Gasteiger partial charge < -0.3 is 5.32 Å². The summed E-state index contributed by atoms with van der Waals surface area (Å²) in [6.45, 7) is 3.42. The molecule has 7 heteroatoms. The molecule has 1 heterocycles. The molecule has 0 aliphatic carbocycles. The fourth-order valence-corrected chi connectivity index (χ4v) is 3.13. The average molecular weight is 326 g/mol. The molecule has 2 rings (SSSR count). The predicted molar refractivity (Wildman–Crippen MR) is 83.9 cm³/mol. The van der Waals surface area contributed by atoms with Gasteiger partial charge >= 0.3 is 0 Å². The van der Waals surface area contributed by atoms with E-state index in [-0.39, 0.29) is 4.90 Å². The van der Waals surface area contributed by atoms with Crippen molar-refractivity contribution < 1.29 is 8.42 Å². The van der Waals surface area contributed by atoms with E-state index in [4.69, 9.17) is 11.6 Å². The maximum Gasteiger partial charge on any atom is 0.261 e. The van der Waals surface area contributed by atoms with Crippen LogP contribution in [0.2, 0.25) is 5.02 Å². The van der Waals surface area contributed by atoms with Crippen molar-refractivity contribution in [3.05, 3.63) is 53.3 Å². The van der Waals surface area contributed by atoms with E-state index in [2.05, 4.69) is 15.0 Å². The molecule has 0 atom stereocenters. The van der Waals surface area contributed by atoms with E-state index in [1.54, 1.807) is 24.3 Å². The van der Waals surface area contributed by atoms with Gasteiger partial charge in [0.05, 0.1) is 10.6 Å². The molecule has 0 spiro atoms. The fraction of sp³-hybridized carbons (Fsp3) is 0.214. The van der Waals surface area contributed by atoms with Gasteiger partial charge in [0.15, 0.2) is 0 Å². The van der Waals surface area contributed by atoms with Gasteiger partial charge in [-0.2, -0.15) is 0 Å². The lowest BCUT2D eigenvalue weighted by Crippen LogP contribution is -2.14. The summed E-state index contributed by atoms with van der Waals surface area (Å²) < 4.78 is 27.0. The molecule has 1 aromatic carbocycles. The van der Waals surface area contributed by atoms with E-state index in [0.29, 0.717) is 17.3 Å². The Kier molecular flexibility index (Phi) is 5.17. The van der Waals surface area contributed by atoms with E-state index < -0.39 is 10.0 Å². The summed E-state index contributed by atoms with van der Waals surface area (Å²) in [5.41, 5.74) is 1.32. The highest BCUT2D eigenvalue weighted by atomic mass is 35.5. The first-order valence-electron chi connectivity index (χ1n) is 6.45. The lowest BCUT2D eigenvalue weighted by atomic mass is 10.2. The molecule has 0 aliphatic rings. The number of halogens is 1. The summed E-state index contributed by atoms with van der Waals surface area (Å²) in [5.74, 6) is 0. The third-order valence-corrected chi connectivity index (χ3v) is 4.56. The molecule has 0 radical (unpaired) electrons. The summed E-state index contributed by atoms with van der Waals surface area (Å²) in [4.78, 5) is 3.97. The standard InChI is InChI=1S/C14H16ClN3O2S/c1-2-16-10-11-3-4-13(9-14(11)15)21(19,20)18-12-5-7-17-8-6-12/h3-9,16H,2,10H2,1H3,(H,17,18). The van der Waals surface area contributed by atoms with E-state index in [1.165, 1.54) is 18.5 Å². The average Bonchev–Trinajstić information content (AvgIpc) is 2.46. The van der Waals surface area contributed by atoms with Crippen molar-refractivity contribution in [2.75, 3.05) is 11.3 Å². The molecule has 0 bridgehead atoms. The first-order chi connectivity index (χ1) is 10.0. The molecular weight excluding hydrogens is 310 g/mol. The minimum absolute atomic E-state index is 0.129. The third kappa shape index (κ3) is 4.17. The highest BCUT2D eigenvalue weighted by Gasteiger charge is 2.15. The summed E-state index contributed by atoms with van der Waals surface area (Å²) >= 11 is 6.13. The largest absolute Gasteiger partial charge is 0.313 e. The molecule has 2 aromatic rings. The highest BCUT2D eigenvalue weighted by molar-refractivity contribution is 7.92. The molecule has 5 nitrogen and oxygen atoms in total. The smallest absolute Gasteiger partial charge is 0.261 e. The second-order valence-electron chi connectivity index (χ2n) is 4.37. The van der Waals surface area contributed by atoms with Crippen molar-refractivity contribution in [3.63, 3.8) is 0 Å². The molecule has 0 saturated carbocycles. The fourth-order valence-electron chi connectivity index (χ4n) is 1.73. The predicted octanol–water partition coefficient (Wildman–Crippen LogP) is 2.65. The molecule has 0 unspecified atom stereocenters. The third-order valence-electron chi connectivity index (χ3n) is 2.83. The number of sulfonamides is 1. The highest BCUT2D eigenvalue weighted by Crippen LogP contribution is 2.22. The summed E-state index contributed by atoms with van der Waals surface area (Å²) in [5, 5.41) is 3.57. The molecule has 112 valence electrons. The number of pyridine rings is 1. The number of hydrogen-bond donors (Lipinski definition) is 2.